The fraction of sp³-hybridized carbons (Fsp3) is 0.200. The third-order valence-electron chi connectivity index (χ3n) is 4.01. The predicted octanol–water partition coefficient (Wildman–Crippen LogP) is 3.71. The van der Waals surface area contributed by atoms with Gasteiger partial charge in [0.15, 0.2) is 10.9 Å². The Morgan fingerprint density at radius 1 is 1.14 bits per heavy atom. The number of benzene rings is 2. The van der Waals surface area contributed by atoms with Crippen molar-refractivity contribution in [3.05, 3.63) is 71.3 Å². The molecule has 0 saturated carbocycles. The highest BCUT2D eigenvalue weighted by Crippen LogP contribution is 2.22. The Balaban J connectivity index is 1.69. The molecule has 2 aromatic carbocycles. The second-order valence-corrected chi connectivity index (χ2v) is 7.13. The van der Waals surface area contributed by atoms with E-state index >= 15 is 0 Å². The number of aromatic nitrogens is 3. The van der Waals surface area contributed by atoms with Crippen LogP contribution in [0.15, 0.2) is 53.7 Å². The zero-order valence-corrected chi connectivity index (χ0v) is 16.3. The van der Waals surface area contributed by atoms with Crippen molar-refractivity contribution in [3.8, 4) is 0 Å². The third-order valence-corrected chi connectivity index (χ3v) is 4.97. The summed E-state index contributed by atoms with van der Waals surface area (Å²) in [5, 5.41) is 11.3. The van der Waals surface area contributed by atoms with Crippen LogP contribution in [0.25, 0.3) is 0 Å². The number of anilines is 1. The first-order chi connectivity index (χ1) is 13.4. The van der Waals surface area contributed by atoms with Gasteiger partial charge >= 0.3 is 0 Å². The van der Waals surface area contributed by atoms with Gasteiger partial charge in [-0.05, 0) is 30.7 Å². The topological polar surface area (TPSA) is 76.9 Å². The van der Waals surface area contributed by atoms with Crippen molar-refractivity contribution in [2.75, 3.05) is 11.1 Å². The maximum atomic E-state index is 14.2. The van der Waals surface area contributed by atoms with Crippen molar-refractivity contribution in [1.82, 2.24) is 14.8 Å². The van der Waals surface area contributed by atoms with Gasteiger partial charge in [0.05, 0.1) is 17.9 Å². The Labute approximate surface area is 166 Å². The van der Waals surface area contributed by atoms with Gasteiger partial charge in [-0.1, -0.05) is 42.1 Å². The molecule has 8 heteroatoms. The molecule has 144 valence electrons. The predicted molar refractivity (Wildman–Crippen MR) is 106 cm³/mol. The summed E-state index contributed by atoms with van der Waals surface area (Å²) in [7, 11) is 0. The van der Waals surface area contributed by atoms with Gasteiger partial charge in [0.25, 0.3) is 0 Å². The molecule has 1 heterocycles. The van der Waals surface area contributed by atoms with E-state index in [-0.39, 0.29) is 23.0 Å². The van der Waals surface area contributed by atoms with Gasteiger partial charge in [-0.25, -0.2) is 4.39 Å². The zero-order chi connectivity index (χ0) is 20.1. The monoisotopic (exact) mass is 398 g/mol. The Morgan fingerprint density at radius 3 is 2.57 bits per heavy atom. The van der Waals surface area contributed by atoms with E-state index in [1.807, 2.05) is 41.8 Å². The minimum Gasteiger partial charge on any atom is -0.326 e. The number of amides is 1. The summed E-state index contributed by atoms with van der Waals surface area (Å²) in [4.78, 5) is 23.5. The van der Waals surface area contributed by atoms with Crippen LogP contribution in [-0.2, 0) is 11.3 Å². The summed E-state index contributed by atoms with van der Waals surface area (Å²) >= 11 is 1.22. The number of hydrogen-bond donors (Lipinski definition) is 1. The molecular formula is C20H19FN4O2S. The fourth-order valence-corrected chi connectivity index (χ4v) is 3.51. The highest BCUT2D eigenvalue weighted by Gasteiger charge is 2.16. The zero-order valence-electron chi connectivity index (χ0n) is 15.5. The van der Waals surface area contributed by atoms with E-state index in [1.54, 1.807) is 0 Å². The summed E-state index contributed by atoms with van der Waals surface area (Å²) in [5.74, 6) is -0.557. The van der Waals surface area contributed by atoms with Crippen LogP contribution in [0.3, 0.4) is 0 Å². The molecule has 0 aliphatic carbocycles. The Morgan fingerprint density at radius 2 is 1.89 bits per heavy atom. The molecule has 1 N–H and O–H groups in total. The molecule has 0 aliphatic heterocycles. The molecule has 0 bridgehead atoms. The first-order valence-electron chi connectivity index (χ1n) is 8.61. The number of Topliss-reactive ketones (excluding diaryl/α,β-unsaturated/α-hetero) is 1. The Hall–Kier alpha value is -3.00. The van der Waals surface area contributed by atoms with E-state index in [4.69, 9.17) is 0 Å². The van der Waals surface area contributed by atoms with Gasteiger partial charge in [0.1, 0.15) is 11.6 Å². The lowest BCUT2D eigenvalue weighted by Crippen LogP contribution is -2.10. The number of hydrogen-bond acceptors (Lipinski definition) is 5. The summed E-state index contributed by atoms with van der Waals surface area (Å²) in [6, 6.07) is 13.9. The van der Waals surface area contributed by atoms with Crippen molar-refractivity contribution in [3.63, 3.8) is 0 Å². The molecule has 1 aromatic heterocycles. The number of nitrogens with one attached hydrogen (secondary N) is 1. The molecule has 3 aromatic rings. The average Bonchev–Trinajstić information content (AvgIpc) is 3.00. The van der Waals surface area contributed by atoms with E-state index in [0.29, 0.717) is 17.4 Å². The lowest BCUT2D eigenvalue weighted by molar-refractivity contribution is -0.114. The van der Waals surface area contributed by atoms with Crippen LogP contribution in [0.4, 0.5) is 10.1 Å². The second-order valence-electron chi connectivity index (χ2n) is 6.19. The molecular weight excluding hydrogens is 379 g/mol. The number of thioether (sulfide) groups is 1. The summed E-state index contributed by atoms with van der Waals surface area (Å²) < 4.78 is 16.2. The van der Waals surface area contributed by atoms with Crippen LogP contribution in [0, 0.1) is 12.7 Å². The van der Waals surface area contributed by atoms with E-state index in [9.17, 15) is 14.0 Å². The minimum absolute atomic E-state index is 0.0209. The van der Waals surface area contributed by atoms with Crippen LogP contribution in [0.1, 0.15) is 28.7 Å². The van der Waals surface area contributed by atoms with Gasteiger partial charge in [0.2, 0.25) is 5.91 Å². The number of rotatable bonds is 7. The van der Waals surface area contributed by atoms with Crippen LogP contribution < -0.4 is 5.32 Å². The van der Waals surface area contributed by atoms with Crippen LogP contribution >= 0.6 is 11.8 Å². The lowest BCUT2D eigenvalue weighted by Gasteiger charge is -2.09. The quantitative estimate of drug-likeness (QED) is 0.485. The lowest BCUT2D eigenvalue weighted by atomic mass is 10.1. The first kappa shape index (κ1) is 19.8. The van der Waals surface area contributed by atoms with Crippen molar-refractivity contribution < 1.29 is 14.0 Å². The molecule has 3 rings (SSSR count). The number of carbonyl (C=O) groups is 2. The van der Waals surface area contributed by atoms with Crippen LogP contribution in [0.2, 0.25) is 0 Å². The number of nitrogens with zero attached hydrogens (tertiary/aromatic N) is 3. The van der Waals surface area contributed by atoms with Gasteiger partial charge in [-0.15, -0.1) is 10.2 Å². The van der Waals surface area contributed by atoms with Crippen LogP contribution in [-0.4, -0.2) is 32.2 Å². The van der Waals surface area contributed by atoms with Crippen molar-refractivity contribution in [1.29, 1.82) is 0 Å². The molecule has 0 atom stereocenters. The molecule has 0 spiro atoms. The molecule has 0 aliphatic rings. The number of carbonyl (C=O) groups excluding carboxylic acids is 2. The second kappa shape index (κ2) is 8.79. The molecule has 0 unspecified atom stereocenters. The molecule has 1 amide bonds. The normalized spacial score (nSPS) is 10.7. The SMILES string of the molecule is CC(=O)Nc1ccc(C(=O)CSc2nnc(C)n2Cc2ccccc2)c(F)c1. The van der Waals surface area contributed by atoms with E-state index in [2.05, 4.69) is 15.5 Å². The Kier molecular flexibility index (Phi) is 6.20. The molecule has 6 nitrogen and oxygen atoms in total. The van der Waals surface area contributed by atoms with Gasteiger partial charge in [-0.2, -0.15) is 0 Å². The molecule has 0 radical (unpaired) electrons. The Bertz CT molecular complexity index is 1000. The third kappa shape index (κ3) is 4.83. The van der Waals surface area contributed by atoms with Crippen LogP contribution in [0.5, 0.6) is 0 Å². The van der Waals surface area contributed by atoms with Gasteiger partial charge < -0.3 is 9.88 Å². The standard InChI is InChI=1S/C20H19FN4O2S/c1-13-23-24-20(25(13)11-15-6-4-3-5-7-15)28-12-19(27)17-9-8-16(10-18(17)21)22-14(2)26/h3-10H,11-12H2,1-2H3,(H,22,26). The first-order valence-corrected chi connectivity index (χ1v) is 9.59. The van der Waals surface area contributed by atoms with Crippen molar-refractivity contribution >= 4 is 29.1 Å². The summed E-state index contributed by atoms with van der Waals surface area (Å²) in [5.41, 5.74) is 1.39. The maximum Gasteiger partial charge on any atom is 0.221 e. The number of aryl methyl sites for hydroxylation is 1. The van der Waals surface area contributed by atoms with Gasteiger partial charge in [-0.3, -0.25) is 9.59 Å². The maximum absolute atomic E-state index is 14.2. The highest BCUT2D eigenvalue weighted by atomic mass is 32.2. The highest BCUT2D eigenvalue weighted by molar-refractivity contribution is 7.99. The van der Waals surface area contributed by atoms with Crippen molar-refractivity contribution in [2.24, 2.45) is 0 Å². The number of ketones is 1. The number of halogens is 1. The summed E-state index contributed by atoms with van der Waals surface area (Å²) in [6.45, 7) is 3.78. The average molecular weight is 398 g/mol. The summed E-state index contributed by atoms with van der Waals surface area (Å²) in [6.07, 6.45) is 0. The minimum atomic E-state index is -0.668. The largest absolute Gasteiger partial charge is 0.326 e. The van der Waals surface area contributed by atoms with Crippen molar-refractivity contribution in [2.45, 2.75) is 25.5 Å². The molecule has 28 heavy (non-hydrogen) atoms. The van der Waals surface area contributed by atoms with E-state index < -0.39 is 5.82 Å². The van der Waals surface area contributed by atoms with E-state index in [1.165, 1.54) is 30.8 Å². The smallest absolute Gasteiger partial charge is 0.221 e. The molecule has 0 saturated heterocycles. The van der Waals surface area contributed by atoms with Gasteiger partial charge in [0, 0.05) is 12.6 Å². The molecule has 0 fully saturated rings. The van der Waals surface area contributed by atoms with E-state index in [0.717, 1.165) is 17.5 Å². The fourth-order valence-electron chi connectivity index (χ4n) is 2.65.